The predicted octanol–water partition coefficient (Wildman–Crippen LogP) is 3.13. The largest absolute Gasteiger partial charge is 0.461 e. The van der Waals surface area contributed by atoms with Crippen molar-refractivity contribution in [3.63, 3.8) is 0 Å². The number of ether oxygens (including phenoxy) is 1. The molecular weight excluding hydrogens is 314 g/mol. The van der Waals surface area contributed by atoms with Gasteiger partial charge in [0.2, 0.25) is 5.91 Å². The molecule has 0 saturated heterocycles. The molecule has 0 aliphatic carbocycles. The second-order valence-electron chi connectivity index (χ2n) is 5.05. The van der Waals surface area contributed by atoms with Crippen molar-refractivity contribution >= 4 is 23.5 Å². The van der Waals surface area contributed by atoms with Gasteiger partial charge in [-0.05, 0) is 23.3 Å². The molecule has 0 aliphatic heterocycles. The first-order valence-electron chi connectivity index (χ1n) is 7.34. The van der Waals surface area contributed by atoms with E-state index in [0.29, 0.717) is 11.4 Å². The van der Waals surface area contributed by atoms with Gasteiger partial charge in [0.1, 0.15) is 6.61 Å². The molecule has 0 radical (unpaired) electrons. The van der Waals surface area contributed by atoms with Crippen molar-refractivity contribution < 1.29 is 14.3 Å². The smallest absolute Gasteiger partial charge is 0.307 e. The van der Waals surface area contributed by atoms with Crippen LogP contribution >= 0.6 is 11.6 Å². The number of rotatable bonds is 7. The van der Waals surface area contributed by atoms with E-state index >= 15 is 0 Å². The van der Waals surface area contributed by atoms with Gasteiger partial charge in [0.05, 0.1) is 12.8 Å². The Hall–Kier alpha value is -2.33. The van der Waals surface area contributed by atoms with Crippen molar-refractivity contribution in [2.24, 2.45) is 0 Å². The van der Waals surface area contributed by atoms with Crippen LogP contribution in [0.4, 0.5) is 0 Å². The first-order valence-corrected chi connectivity index (χ1v) is 7.72. The Bertz CT molecular complexity index is 641. The molecule has 0 unspecified atom stereocenters. The summed E-state index contributed by atoms with van der Waals surface area (Å²) in [4.78, 5) is 23.4. The van der Waals surface area contributed by atoms with Gasteiger partial charge < -0.3 is 10.1 Å². The Morgan fingerprint density at radius 1 is 0.957 bits per heavy atom. The van der Waals surface area contributed by atoms with Gasteiger partial charge in [-0.25, -0.2) is 0 Å². The monoisotopic (exact) mass is 331 g/mol. The highest BCUT2D eigenvalue weighted by atomic mass is 35.5. The third-order valence-electron chi connectivity index (χ3n) is 3.17. The summed E-state index contributed by atoms with van der Waals surface area (Å²) in [6, 6.07) is 16.5. The average molecular weight is 332 g/mol. The van der Waals surface area contributed by atoms with E-state index in [1.165, 1.54) is 0 Å². The molecule has 0 bridgehead atoms. The topological polar surface area (TPSA) is 55.4 Å². The lowest BCUT2D eigenvalue weighted by molar-refractivity contribution is -0.144. The molecule has 0 aromatic heterocycles. The fourth-order valence-corrected chi connectivity index (χ4v) is 2.09. The van der Waals surface area contributed by atoms with Crippen LogP contribution in [0, 0.1) is 0 Å². The summed E-state index contributed by atoms with van der Waals surface area (Å²) in [5.41, 5.74) is 1.81. The van der Waals surface area contributed by atoms with Crippen LogP contribution in [0.15, 0.2) is 54.6 Å². The first-order chi connectivity index (χ1) is 11.1. The quantitative estimate of drug-likeness (QED) is 0.793. The second kappa shape index (κ2) is 8.96. The molecule has 0 heterocycles. The molecular formula is C18H18ClNO3. The van der Waals surface area contributed by atoms with Crippen molar-refractivity contribution in [1.82, 2.24) is 5.32 Å². The molecule has 0 spiro atoms. The third kappa shape index (κ3) is 6.53. The lowest BCUT2D eigenvalue weighted by Gasteiger charge is -2.07. The Balaban J connectivity index is 1.62. The van der Waals surface area contributed by atoms with Crippen LogP contribution in [0.2, 0.25) is 5.02 Å². The predicted molar refractivity (Wildman–Crippen MR) is 89.0 cm³/mol. The number of hydrogen-bond acceptors (Lipinski definition) is 3. The van der Waals surface area contributed by atoms with Crippen LogP contribution in [-0.4, -0.2) is 18.4 Å². The molecule has 0 fully saturated rings. The van der Waals surface area contributed by atoms with Crippen LogP contribution in [0.1, 0.15) is 17.5 Å². The Labute approximate surface area is 140 Å². The number of amides is 1. The van der Waals surface area contributed by atoms with Gasteiger partial charge >= 0.3 is 5.97 Å². The number of benzene rings is 2. The van der Waals surface area contributed by atoms with Crippen LogP contribution in [0.25, 0.3) is 0 Å². The Morgan fingerprint density at radius 3 is 2.35 bits per heavy atom. The van der Waals surface area contributed by atoms with Crippen LogP contribution in [0.5, 0.6) is 0 Å². The molecule has 4 nitrogen and oxygen atoms in total. The minimum atomic E-state index is -0.347. The van der Waals surface area contributed by atoms with Crippen molar-refractivity contribution in [3.05, 3.63) is 70.7 Å². The van der Waals surface area contributed by atoms with Crippen LogP contribution < -0.4 is 5.32 Å². The Morgan fingerprint density at radius 2 is 1.65 bits per heavy atom. The van der Waals surface area contributed by atoms with E-state index in [9.17, 15) is 9.59 Å². The number of carbonyl (C=O) groups is 2. The van der Waals surface area contributed by atoms with Gasteiger partial charge in [-0.1, -0.05) is 54.1 Å². The summed E-state index contributed by atoms with van der Waals surface area (Å²) in [7, 11) is 0. The standard InChI is InChI=1S/C18H18ClNO3/c19-16-8-6-15(7-9-16)13-23-18(22)10-11-20-17(21)12-14-4-2-1-3-5-14/h1-9H,10-13H2,(H,20,21). The highest BCUT2D eigenvalue weighted by molar-refractivity contribution is 6.30. The molecule has 23 heavy (non-hydrogen) atoms. The number of nitrogens with one attached hydrogen (secondary N) is 1. The zero-order valence-electron chi connectivity index (χ0n) is 12.6. The Kier molecular flexibility index (Phi) is 6.63. The van der Waals surface area contributed by atoms with E-state index in [1.807, 2.05) is 30.3 Å². The number of carbonyl (C=O) groups excluding carboxylic acids is 2. The average Bonchev–Trinajstić information content (AvgIpc) is 2.55. The zero-order chi connectivity index (χ0) is 16.5. The summed E-state index contributed by atoms with van der Waals surface area (Å²) < 4.78 is 5.13. The zero-order valence-corrected chi connectivity index (χ0v) is 13.4. The molecule has 1 N–H and O–H groups in total. The van der Waals surface area contributed by atoms with E-state index in [2.05, 4.69) is 5.32 Å². The van der Waals surface area contributed by atoms with Gasteiger partial charge in [-0.3, -0.25) is 9.59 Å². The molecule has 0 atom stereocenters. The summed E-state index contributed by atoms with van der Waals surface area (Å²) in [5.74, 6) is -0.457. The normalized spacial score (nSPS) is 10.1. The van der Waals surface area contributed by atoms with Gasteiger partial charge in [-0.2, -0.15) is 0 Å². The molecule has 1 amide bonds. The van der Waals surface area contributed by atoms with E-state index in [0.717, 1.165) is 11.1 Å². The maximum absolute atomic E-state index is 11.7. The highest BCUT2D eigenvalue weighted by Gasteiger charge is 2.06. The van der Waals surface area contributed by atoms with Crippen molar-refractivity contribution in [3.8, 4) is 0 Å². The maximum Gasteiger partial charge on any atom is 0.307 e. The van der Waals surface area contributed by atoms with Crippen LogP contribution in [0.3, 0.4) is 0 Å². The van der Waals surface area contributed by atoms with E-state index in [-0.39, 0.29) is 31.4 Å². The number of esters is 1. The molecule has 2 rings (SSSR count). The van der Waals surface area contributed by atoms with Crippen molar-refractivity contribution in [2.45, 2.75) is 19.4 Å². The second-order valence-corrected chi connectivity index (χ2v) is 5.49. The van der Waals surface area contributed by atoms with Gasteiger partial charge in [0.15, 0.2) is 0 Å². The molecule has 120 valence electrons. The fourth-order valence-electron chi connectivity index (χ4n) is 1.96. The van der Waals surface area contributed by atoms with Gasteiger partial charge in [0.25, 0.3) is 0 Å². The SMILES string of the molecule is O=C(Cc1ccccc1)NCCC(=O)OCc1ccc(Cl)cc1. The van der Waals surface area contributed by atoms with E-state index in [4.69, 9.17) is 16.3 Å². The molecule has 0 saturated carbocycles. The fraction of sp³-hybridized carbons (Fsp3) is 0.222. The molecule has 2 aromatic carbocycles. The maximum atomic E-state index is 11.7. The van der Waals surface area contributed by atoms with Crippen molar-refractivity contribution in [1.29, 1.82) is 0 Å². The molecule has 5 heteroatoms. The minimum absolute atomic E-state index is 0.110. The lowest BCUT2D eigenvalue weighted by atomic mass is 10.1. The highest BCUT2D eigenvalue weighted by Crippen LogP contribution is 2.10. The number of hydrogen-bond donors (Lipinski definition) is 1. The lowest BCUT2D eigenvalue weighted by Crippen LogP contribution is -2.27. The first kappa shape index (κ1) is 17.0. The van der Waals surface area contributed by atoms with Gasteiger partial charge in [0, 0.05) is 11.6 Å². The minimum Gasteiger partial charge on any atom is -0.461 e. The summed E-state index contributed by atoms with van der Waals surface area (Å²) in [6.45, 7) is 0.471. The summed E-state index contributed by atoms with van der Waals surface area (Å²) >= 11 is 5.78. The molecule has 2 aromatic rings. The van der Waals surface area contributed by atoms with E-state index < -0.39 is 0 Å². The summed E-state index contributed by atoms with van der Waals surface area (Å²) in [6.07, 6.45) is 0.453. The van der Waals surface area contributed by atoms with Crippen molar-refractivity contribution in [2.75, 3.05) is 6.54 Å². The van der Waals surface area contributed by atoms with Gasteiger partial charge in [-0.15, -0.1) is 0 Å². The van der Waals surface area contributed by atoms with E-state index in [1.54, 1.807) is 24.3 Å². The number of halogens is 1. The van der Waals surface area contributed by atoms with Crippen LogP contribution in [-0.2, 0) is 27.4 Å². The molecule has 0 aliphatic rings. The summed E-state index contributed by atoms with van der Waals surface area (Å²) in [5, 5.41) is 3.35. The third-order valence-corrected chi connectivity index (χ3v) is 3.42.